The minimum atomic E-state index is -0.323. The molecule has 4 atom stereocenters. The number of nitrogens with two attached hydrogens (primary N) is 1. The largest absolute Gasteiger partial charge is 0.391 e. The average Bonchev–Trinajstić information content (AvgIpc) is 2.67. The van der Waals surface area contributed by atoms with E-state index >= 15 is 0 Å². The van der Waals surface area contributed by atoms with Gasteiger partial charge in [-0.1, -0.05) is 6.92 Å². The second kappa shape index (κ2) is 4.72. The van der Waals surface area contributed by atoms with E-state index in [-0.39, 0.29) is 24.0 Å². The molecule has 0 radical (unpaired) electrons. The molecule has 92 valence electrons. The number of nitrogens with zero attached hydrogens (tertiary/aromatic N) is 1. The molecule has 3 N–H and O–H groups in total. The molecule has 1 saturated heterocycles. The molecule has 2 aliphatic rings. The van der Waals surface area contributed by atoms with Crippen molar-refractivity contribution in [1.82, 2.24) is 4.90 Å². The normalized spacial score (nSPS) is 40.1. The molecule has 0 spiro atoms. The molecule has 2 fully saturated rings. The van der Waals surface area contributed by atoms with Crippen molar-refractivity contribution in [3.63, 3.8) is 0 Å². The summed E-state index contributed by atoms with van der Waals surface area (Å²) in [7, 11) is 0. The van der Waals surface area contributed by atoms with Crippen LogP contribution in [0.25, 0.3) is 0 Å². The Kier molecular flexibility index (Phi) is 3.50. The van der Waals surface area contributed by atoms with Crippen LogP contribution in [-0.2, 0) is 4.79 Å². The lowest BCUT2D eigenvalue weighted by atomic mass is 9.77. The SMILES string of the molecule is CC1CCC(N)CC1C(=O)N1CCC(O)C1. The van der Waals surface area contributed by atoms with E-state index in [1.807, 2.05) is 4.90 Å². The Bertz CT molecular complexity index is 270. The van der Waals surface area contributed by atoms with Gasteiger partial charge < -0.3 is 15.7 Å². The lowest BCUT2D eigenvalue weighted by Gasteiger charge is -2.34. The highest BCUT2D eigenvalue weighted by Gasteiger charge is 2.36. The van der Waals surface area contributed by atoms with Crippen molar-refractivity contribution in [1.29, 1.82) is 0 Å². The number of amides is 1. The van der Waals surface area contributed by atoms with E-state index in [4.69, 9.17) is 5.73 Å². The monoisotopic (exact) mass is 226 g/mol. The summed E-state index contributed by atoms with van der Waals surface area (Å²) in [6.45, 7) is 3.36. The summed E-state index contributed by atoms with van der Waals surface area (Å²) in [4.78, 5) is 14.1. The summed E-state index contributed by atoms with van der Waals surface area (Å²) in [5.41, 5.74) is 5.93. The molecule has 4 heteroatoms. The van der Waals surface area contributed by atoms with Crippen molar-refractivity contribution in [2.75, 3.05) is 13.1 Å². The number of aliphatic hydroxyl groups excluding tert-OH is 1. The molecule has 0 aromatic carbocycles. The highest BCUT2D eigenvalue weighted by Crippen LogP contribution is 2.31. The van der Waals surface area contributed by atoms with E-state index in [0.717, 1.165) is 25.7 Å². The van der Waals surface area contributed by atoms with Crippen molar-refractivity contribution in [3.8, 4) is 0 Å². The zero-order valence-electron chi connectivity index (χ0n) is 9.93. The van der Waals surface area contributed by atoms with Gasteiger partial charge in [0.25, 0.3) is 0 Å². The van der Waals surface area contributed by atoms with Gasteiger partial charge in [-0.2, -0.15) is 0 Å². The molecule has 16 heavy (non-hydrogen) atoms. The summed E-state index contributed by atoms with van der Waals surface area (Å²) in [5, 5.41) is 9.45. The van der Waals surface area contributed by atoms with E-state index < -0.39 is 0 Å². The number of hydrogen-bond acceptors (Lipinski definition) is 3. The average molecular weight is 226 g/mol. The molecular formula is C12H22N2O2. The van der Waals surface area contributed by atoms with E-state index in [9.17, 15) is 9.90 Å². The van der Waals surface area contributed by atoms with Gasteiger partial charge in [-0.05, 0) is 31.6 Å². The third kappa shape index (κ3) is 2.38. The zero-order chi connectivity index (χ0) is 11.7. The van der Waals surface area contributed by atoms with Gasteiger partial charge in [0.2, 0.25) is 5.91 Å². The number of aliphatic hydroxyl groups is 1. The number of hydrogen-bond donors (Lipinski definition) is 2. The lowest BCUT2D eigenvalue weighted by molar-refractivity contribution is -0.137. The van der Waals surface area contributed by atoms with Crippen LogP contribution in [0.1, 0.15) is 32.6 Å². The Morgan fingerprint density at radius 3 is 2.75 bits per heavy atom. The van der Waals surface area contributed by atoms with E-state index in [1.165, 1.54) is 0 Å². The van der Waals surface area contributed by atoms with Crippen molar-refractivity contribution in [2.24, 2.45) is 17.6 Å². The molecule has 0 aromatic rings. The Hall–Kier alpha value is -0.610. The van der Waals surface area contributed by atoms with Crippen LogP contribution in [0.4, 0.5) is 0 Å². The first-order valence-corrected chi connectivity index (χ1v) is 6.30. The summed E-state index contributed by atoms with van der Waals surface area (Å²) in [5.74, 6) is 0.721. The van der Waals surface area contributed by atoms with Crippen LogP contribution in [0.3, 0.4) is 0 Å². The first kappa shape index (κ1) is 11.9. The Labute approximate surface area is 96.8 Å². The summed E-state index contributed by atoms with van der Waals surface area (Å²) in [6, 6.07) is 0.178. The van der Waals surface area contributed by atoms with Gasteiger partial charge >= 0.3 is 0 Å². The Morgan fingerprint density at radius 1 is 1.38 bits per heavy atom. The van der Waals surface area contributed by atoms with Crippen LogP contribution in [-0.4, -0.2) is 41.1 Å². The number of carbonyl (C=O) groups excluding carboxylic acids is 1. The highest BCUT2D eigenvalue weighted by molar-refractivity contribution is 5.79. The summed E-state index contributed by atoms with van der Waals surface area (Å²) in [6.07, 6.45) is 3.30. The standard InChI is InChI=1S/C12H22N2O2/c1-8-2-3-9(13)6-11(8)12(16)14-5-4-10(15)7-14/h8-11,15H,2-7,13H2,1H3. The number of carbonyl (C=O) groups is 1. The molecule has 4 nitrogen and oxygen atoms in total. The maximum Gasteiger partial charge on any atom is 0.226 e. The third-order valence-corrected chi connectivity index (χ3v) is 4.03. The molecule has 1 aliphatic heterocycles. The highest BCUT2D eigenvalue weighted by atomic mass is 16.3. The summed E-state index contributed by atoms with van der Waals surface area (Å²) < 4.78 is 0. The van der Waals surface area contributed by atoms with E-state index in [0.29, 0.717) is 19.0 Å². The number of β-amino-alcohol motifs (C(OH)–C–C–N with tert-alkyl or cyclic N) is 1. The number of likely N-dealkylation sites (tertiary alicyclic amines) is 1. The van der Waals surface area contributed by atoms with Crippen LogP contribution < -0.4 is 5.73 Å². The lowest BCUT2D eigenvalue weighted by Crippen LogP contribution is -2.43. The number of rotatable bonds is 1. The topological polar surface area (TPSA) is 66.6 Å². The van der Waals surface area contributed by atoms with E-state index in [1.54, 1.807) is 0 Å². The van der Waals surface area contributed by atoms with Crippen LogP contribution >= 0.6 is 0 Å². The van der Waals surface area contributed by atoms with Gasteiger partial charge in [-0.15, -0.1) is 0 Å². The van der Waals surface area contributed by atoms with Gasteiger partial charge in [-0.3, -0.25) is 4.79 Å². The Morgan fingerprint density at radius 2 is 2.12 bits per heavy atom. The third-order valence-electron chi connectivity index (χ3n) is 4.03. The van der Waals surface area contributed by atoms with Gasteiger partial charge in [0.15, 0.2) is 0 Å². The van der Waals surface area contributed by atoms with Crippen molar-refractivity contribution in [2.45, 2.75) is 44.8 Å². The maximum absolute atomic E-state index is 12.3. The van der Waals surface area contributed by atoms with Gasteiger partial charge in [0.1, 0.15) is 0 Å². The predicted octanol–water partition coefficient (Wildman–Crippen LogP) is 0.343. The van der Waals surface area contributed by atoms with Gasteiger partial charge in [-0.25, -0.2) is 0 Å². The van der Waals surface area contributed by atoms with Gasteiger partial charge in [0, 0.05) is 25.0 Å². The molecule has 1 amide bonds. The predicted molar refractivity (Wildman–Crippen MR) is 61.7 cm³/mol. The van der Waals surface area contributed by atoms with Crippen molar-refractivity contribution in [3.05, 3.63) is 0 Å². The first-order chi connectivity index (χ1) is 7.58. The minimum Gasteiger partial charge on any atom is -0.391 e. The fourth-order valence-corrected chi connectivity index (χ4v) is 2.88. The zero-order valence-corrected chi connectivity index (χ0v) is 9.93. The van der Waals surface area contributed by atoms with Crippen LogP contribution in [0.15, 0.2) is 0 Å². The molecule has 1 saturated carbocycles. The van der Waals surface area contributed by atoms with Crippen LogP contribution in [0.2, 0.25) is 0 Å². The minimum absolute atomic E-state index is 0.0778. The molecule has 4 unspecified atom stereocenters. The molecule has 0 bridgehead atoms. The fourth-order valence-electron chi connectivity index (χ4n) is 2.88. The molecule has 1 aliphatic carbocycles. The Balaban J connectivity index is 1.97. The van der Waals surface area contributed by atoms with Gasteiger partial charge in [0.05, 0.1) is 6.10 Å². The molecule has 2 rings (SSSR count). The summed E-state index contributed by atoms with van der Waals surface area (Å²) >= 11 is 0. The molecular weight excluding hydrogens is 204 g/mol. The van der Waals surface area contributed by atoms with E-state index in [2.05, 4.69) is 6.92 Å². The second-order valence-corrected chi connectivity index (χ2v) is 5.38. The smallest absolute Gasteiger partial charge is 0.226 e. The molecule has 0 aromatic heterocycles. The van der Waals surface area contributed by atoms with Crippen molar-refractivity contribution < 1.29 is 9.90 Å². The fraction of sp³-hybridized carbons (Fsp3) is 0.917. The van der Waals surface area contributed by atoms with Crippen LogP contribution in [0, 0.1) is 11.8 Å². The van der Waals surface area contributed by atoms with Crippen molar-refractivity contribution >= 4 is 5.91 Å². The maximum atomic E-state index is 12.3. The van der Waals surface area contributed by atoms with Crippen LogP contribution in [0.5, 0.6) is 0 Å². The molecule has 1 heterocycles. The quantitative estimate of drug-likeness (QED) is 0.677. The second-order valence-electron chi connectivity index (χ2n) is 5.38. The first-order valence-electron chi connectivity index (χ1n) is 6.30.